The van der Waals surface area contributed by atoms with Gasteiger partial charge in [0.25, 0.3) is 0 Å². The second-order valence-corrected chi connectivity index (χ2v) is 7.41. The SMILES string of the molecule is CCC1CCCN(C(C)CCCNC(C)(C)C)CC1. The zero-order valence-electron chi connectivity index (χ0n) is 14.0. The number of hydrogen-bond donors (Lipinski definition) is 1. The number of hydrogen-bond acceptors (Lipinski definition) is 2. The molecule has 2 heteroatoms. The number of nitrogens with one attached hydrogen (secondary N) is 1. The highest BCUT2D eigenvalue weighted by Gasteiger charge is 2.19. The van der Waals surface area contributed by atoms with Crippen LogP contribution in [-0.2, 0) is 0 Å². The molecule has 1 heterocycles. The van der Waals surface area contributed by atoms with E-state index in [1.807, 2.05) is 0 Å². The zero-order valence-corrected chi connectivity index (χ0v) is 14.0. The molecule has 1 aliphatic heterocycles. The molecule has 0 spiro atoms. The summed E-state index contributed by atoms with van der Waals surface area (Å²) in [6.45, 7) is 15.3. The lowest BCUT2D eigenvalue weighted by atomic mass is 9.98. The standard InChI is InChI=1S/C17H36N2/c1-6-16-10-8-13-19(14-11-16)15(2)9-7-12-18-17(3,4)5/h15-16,18H,6-14H2,1-5H3. The largest absolute Gasteiger partial charge is 0.312 e. The quantitative estimate of drug-likeness (QED) is 0.731. The summed E-state index contributed by atoms with van der Waals surface area (Å²) in [6.07, 6.45) is 8.28. The molecule has 0 aromatic heterocycles. The molecular formula is C17H36N2. The fraction of sp³-hybridized carbons (Fsp3) is 1.00. The van der Waals surface area contributed by atoms with E-state index in [4.69, 9.17) is 0 Å². The molecule has 0 saturated carbocycles. The third kappa shape index (κ3) is 7.31. The van der Waals surface area contributed by atoms with E-state index in [1.165, 1.54) is 51.6 Å². The van der Waals surface area contributed by atoms with Crippen LogP contribution in [0.5, 0.6) is 0 Å². The molecule has 2 nitrogen and oxygen atoms in total. The molecule has 0 aromatic rings. The molecule has 0 bridgehead atoms. The minimum Gasteiger partial charge on any atom is -0.312 e. The highest BCUT2D eigenvalue weighted by Crippen LogP contribution is 2.22. The molecule has 1 fully saturated rings. The van der Waals surface area contributed by atoms with Crippen molar-refractivity contribution in [1.82, 2.24) is 10.2 Å². The lowest BCUT2D eigenvalue weighted by Gasteiger charge is -2.28. The van der Waals surface area contributed by atoms with Gasteiger partial charge in [-0.05, 0) is 85.4 Å². The first kappa shape index (κ1) is 17.0. The maximum Gasteiger partial charge on any atom is 0.00965 e. The van der Waals surface area contributed by atoms with Crippen LogP contribution in [0.15, 0.2) is 0 Å². The fourth-order valence-electron chi connectivity index (χ4n) is 3.08. The first-order valence-electron chi connectivity index (χ1n) is 8.41. The Balaban J connectivity index is 2.20. The molecule has 0 radical (unpaired) electrons. The predicted octanol–water partition coefficient (Wildman–Crippen LogP) is 4.06. The molecule has 2 atom stereocenters. The normalized spacial score (nSPS) is 24.2. The smallest absolute Gasteiger partial charge is 0.00965 e. The summed E-state index contributed by atoms with van der Waals surface area (Å²) in [7, 11) is 0. The first-order chi connectivity index (χ1) is 8.92. The molecule has 114 valence electrons. The summed E-state index contributed by atoms with van der Waals surface area (Å²) in [6, 6.07) is 0.761. The van der Waals surface area contributed by atoms with Gasteiger partial charge in [-0.3, -0.25) is 0 Å². The van der Waals surface area contributed by atoms with Gasteiger partial charge in [-0.15, -0.1) is 0 Å². The Morgan fingerprint density at radius 1 is 1.21 bits per heavy atom. The van der Waals surface area contributed by atoms with E-state index in [0.717, 1.165) is 18.5 Å². The lowest BCUT2D eigenvalue weighted by molar-refractivity contribution is 0.200. The van der Waals surface area contributed by atoms with Crippen LogP contribution in [-0.4, -0.2) is 36.1 Å². The average Bonchev–Trinajstić information content (AvgIpc) is 2.58. The van der Waals surface area contributed by atoms with Crippen LogP contribution >= 0.6 is 0 Å². The van der Waals surface area contributed by atoms with Crippen LogP contribution in [0.1, 0.15) is 73.1 Å². The van der Waals surface area contributed by atoms with Gasteiger partial charge in [0.05, 0.1) is 0 Å². The van der Waals surface area contributed by atoms with Crippen molar-refractivity contribution < 1.29 is 0 Å². The maximum absolute atomic E-state index is 3.59. The van der Waals surface area contributed by atoms with Crippen molar-refractivity contribution in [3.05, 3.63) is 0 Å². The maximum atomic E-state index is 3.59. The van der Waals surface area contributed by atoms with Crippen molar-refractivity contribution in [2.24, 2.45) is 5.92 Å². The van der Waals surface area contributed by atoms with E-state index in [9.17, 15) is 0 Å². The molecule has 19 heavy (non-hydrogen) atoms. The van der Waals surface area contributed by atoms with Crippen LogP contribution in [0.25, 0.3) is 0 Å². The molecule has 1 N–H and O–H groups in total. The van der Waals surface area contributed by atoms with E-state index < -0.39 is 0 Å². The topological polar surface area (TPSA) is 15.3 Å². The Kier molecular flexibility index (Phi) is 7.38. The Labute approximate surface area is 121 Å². The number of rotatable bonds is 6. The van der Waals surface area contributed by atoms with Gasteiger partial charge in [-0.25, -0.2) is 0 Å². The molecule has 1 saturated heterocycles. The predicted molar refractivity (Wildman–Crippen MR) is 85.7 cm³/mol. The highest BCUT2D eigenvalue weighted by molar-refractivity contribution is 4.75. The van der Waals surface area contributed by atoms with Gasteiger partial charge in [-0.2, -0.15) is 0 Å². The van der Waals surface area contributed by atoms with Crippen LogP contribution in [0.4, 0.5) is 0 Å². The summed E-state index contributed by atoms with van der Waals surface area (Å²) in [4.78, 5) is 2.73. The highest BCUT2D eigenvalue weighted by atomic mass is 15.1. The Hall–Kier alpha value is -0.0800. The first-order valence-corrected chi connectivity index (χ1v) is 8.41. The Morgan fingerprint density at radius 3 is 2.58 bits per heavy atom. The molecule has 1 aliphatic rings. The molecule has 1 rings (SSSR count). The van der Waals surface area contributed by atoms with Gasteiger partial charge in [0.2, 0.25) is 0 Å². The van der Waals surface area contributed by atoms with Crippen molar-refractivity contribution in [1.29, 1.82) is 0 Å². The van der Waals surface area contributed by atoms with Crippen molar-refractivity contribution in [2.45, 2.75) is 84.7 Å². The van der Waals surface area contributed by atoms with Crippen molar-refractivity contribution in [2.75, 3.05) is 19.6 Å². The van der Waals surface area contributed by atoms with Crippen LogP contribution < -0.4 is 5.32 Å². The summed E-state index contributed by atoms with van der Waals surface area (Å²) in [5, 5.41) is 3.59. The van der Waals surface area contributed by atoms with E-state index in [1.54, 1.807) is 0 Å². The Morgan fingerprint density at radius 2 is 1.95 bits per heavy atom. The van der Waals surface area contributed by atoms with Crippen LogP contribution in [0, 0.1) is 5.92 Å². The lowest BCUT2D eigenvalue weighted by Crippen LogP contribution is -2.38. The summed E-state index contributed by atoms with van der Waals surface area (Å²) in [5.41, 5.74) is 0.264. The van der Waals surface area contributed by atoms with Gasteiger partial charge in [-0.1, -0.05) is 13.3 Å². The van der Waals surface area contributed by atoms with Gasteiger partial charge < -0.3 is 10.2 Å². The van der Waals surface area contributed by atoms with Gasteiger partial charge >= 0.3 is 0 Å². The third-order valence-corrected chi connectivity index (χ3v) is 4.54. The summed E-state index contributed by atoms with van der Waals surface area (Å²) in [5.74, 6) is 0.986. The third-order valence-electron chi connectivity index (χ3n) is 4.54. The van der Waals surface area contributed by atoms with Crippen molar-refractivity contribution in [3.63, 3.8) is 0 Å². The minimum atomic E-state index is 0.264. The van der Waals surface area contributed by atoms with Gasteiger partial charge in [0, 0.05) is 11.6 Å². The minimum absolute atomic E-state index is 0.264. The monoisotopic (exact) mass is 268 g/mol. The van der Waals surface area contributed by atoms with E-state index in [2.05, 4.69) is 44.8 Å². The molecule has 0 aromatic carbocycles. The zero-order chi connectivity index (χ0) is 14.3. The van der Waals surface area contributed by atoms with Crippen LogP contribution in [0.2, 0.25) is 0 Å². The summed E-state index contributed by atoms with van der Waals surface area (Å²) < 4.78 is 0. The Bertz CT molecular complexity index is 232. The number of likely N-dealkylation sites (tertiary alicyclic amines) is 1. The van der Waals surface area contributed by atoms with Crippen molar-refractivity contribution in [3.8, 4) is 0 Å². The van der Waals surface area contributed by atoms with Crippen molar-refractivity contribution >= 4 is 0 Å². The van der Waals surface area contributed by atoms with Gasteiger partial charge in [0.1, 0.15) is 0 Å². The van der Waals surface area contributed by atoms with Crippen LogP contribution in [0.3, 0.4) is 0 Å². The van der Waals surface area contributed by atoms with E-state index in [-0.39, 0.29) is 5.54 Å². The molecule has 2 unspecified atom stereocenters. The van der Waals surface area contributed by atoms with Gasteiger partial charge in [0.15, 0.2) is 0 Å². The molecular weight excluding hydrogens is 232 g/mol. The van der Waals surface area contributed by atoms with E-state index >= 15 is 0 Å². The average molecular weight is 268 g/mol. The van der Waals surface area contributed by atoms with E-state index in [0.29, 0.717) is 0 Å². The molecule has 0 amide bonds. The second kappa shape index (κ2) is 8.26. The fourth-order valence-corrected chi connectivity index (χ4v) is 3.08. The number of nitrogens with zero attached hydrogens (tertiary/aromatic N) is 1. The molecule has 0 aliphatic carbocycles. The second-order valence-electron chi connectivity index (χ2n) is 7.41. The summed E-state index contributed by atoms with van der Waals surface area (Å²) >= 11 is 0.